The third-order valence-electron chi connectivity index (χ3n) is 5.40. The average Bonchev–Trinajstić information content (AvgIpc) is 3.35. The molecule has 0 aliphatic carbocycles. The van der Waals surface area contributed by atoms with Crippen LogP contribution in [0.3, 0.4) is 0 Å². The van der Waals surface area contributed by atoms with Crippen LogP contribution in [0.4, 0.5) is 15.2 Å². The summed E-state index contributed by atoms with van der Waals surface area (Å²) < 4.78 is 14.9. The Bertz CT molecular complexity index is 1200. The van der Waals surface area contributed by atoms with Crippen LogP contribution in [-0.2, 0) is 6.54 Å². The van der Waals surface area contributed by atoms with Crippen LogP contribution in [-0.4, -0.2) is 50.6 Å². The quantitative estimate of drug-likeness (QED) is 0.348. The number of halogens is 1. The first-order chi connectivity index (χ1) is 15.1. The highest BCUT2D eigenvalue weighted by Gasteiger charge is 2.23. The number of hydrogen-bond acceptors (Lipinski definition) is 7. The normalized spacial score (nSPS) is 14.9. The van der Waals surface area contributed by atoms with Gasteiger partial charge in [0.05, 0.1) is 16.8 Å². The lowest BCUT2D eigenvalue weighted by molar-refractivity contribution is -0.385. The highest BCUT2D eigenvalue weighted by atomic mass is 32.1. The Kier molecular flexibility index (Phi) is 5.08. The summed E-state index contributed by atoms with van der Waals surface area (Å²) in [5.74, 6) is -0.272. The first kappa shape index (κ1) is 19.6. The highest BCUT2D eigenvalue weighted by molar-refractivity contribution is 7.20. The molecular formula is C21H19FN6O2S. The topological polar surface area (TPSA) is 79.8 Å². The van der Waals surface area contributed by atoms with E-state index >= 15 is 0 Å². The van der Waals surface area contributed by atoms with Gasteiger partial charge in [-0.15, -0.1) is 5.10 Å². The van der Waals surface area contributed by atoms with Crippen molar-refractivity contribution in [2.75, 3.05) is 31.1 Å². The molecule has 8 nitrogen and oxygen atoms in total. The van der Waals surface area contributed by atoms with Gasteiger partial charge in [-0.05, 0) is 24.3 Å². The Balaban J connectivity index is 1.25. The van der Waals surface area contributed by atoms with E-state index < -0.39 is 0 Å². The van der Waals surface area contributed by atoms with Crippen molar-refractivity contribution in [1.82, 2.24) is 19.5 Å². The molecule has 0 N–H and O–H groups in total. The fraction of sp³-hybridized carbons (Fsp3) is 0.238. The molecule has 2 aromatic carbocycles. The van der Waals surface area contributed by atoms with Crippen LogP contribution < -0.4 is 4.90 Å². The minimum absolute atomic E-state index is 0.169. The van der Waals surface area contributed by atoms with Crippen molar-refractivity contribution in [3.05, 3.63) is 76.2 Å². The molecule has 1 aliphatic rings. The molecule has 0 atom stereocenters. The molecule has 158 valence electrons. The molecule has 0 bridgehead atoms. The maximum atomic E-state index is 13.1. The summed E-state index contributed by atoms with van der Waals surface area (Å²) in [4.78, 5) is 20.8. The van der Waals surface area contributed by atoms with Crippen molar-refractivity contribution < 1.29 is 9.31 Å². The SMILES string of the molecule is O=[N+]([O-])c1ccccc1CN1CCN(c2nn3cc(-c4ccc(F)cc4)nc3s2)CC1. The number of anilines is 1. The molecule has 10 heteroatoms. The van der Waals surface area contributed by atoms with E-state index in [0.29, 0.717) is 6.54 Å². The van der Waals surface area contributed by atoms with Gasteiger partial charge in [0.2, 0.25) is 10.1 Å². The summed E-state index contributed by atoms with van der Waals surface area (Å²) in [5, 5.41) is 16.8. The third-order valence-corrected chi connectivity index (χ3v) is 6.38. The van der Waals surface area contributed by atoms with E-state index in [9.17, 15) is 14.5 Å². The molecule has 0 amide bonds. The van der Waals surface area contributed by atoms with Gasteiger partial charge in [0, 0.05) is 49.9 Å². The molecule has 5 rings (SSSR count). The van der Waals surface area contributed by atoms with Crippen LogP contribution in [0, 0.1) is 15.9 Å². The van der Waals surface area contributed by atoms with Crippen LogP contribution in [0.1, 0.15) is 5.56 Å². The average molecular weight is 438 g/mol. The van der Waals surface area contributed by atoms with Gasteiger partial charge < -0.3 is 4.90 Å². The van der Waals surface area contributed by atoms with E-state index in [-0.39, 0.29) is 16.4 Å². The van der Waals surface area contributed by atoms with E-state index in [0.717, 1.165) is 53.1 Å². The number of rotatable bonds is 5. The Morgan fingerprint density at radius 2 is 1.81 bits per heavy atom. The van der Waals surface area contributed by atoms with Gasteiger partial charge in [-0.2, -0.15) is 0 Å². The predicted molar refractivity (Wildman–Crippen MR) is 117 cm³/mol. The summed E-state index contributed by atoms with van der Waals surface area (Å²) >= 11 is 1.52. The van der Waals surface area contributed by atoms with Gasteiger partial charge in [-0.3, -0.25) is 15.0 Å². The number of piperazine rings is 1. The first-order valence-electron chi connectivity index (χ1n) is 9.88. The summed E-state index contributed by atoms with van der Waals surface area (Å²) in [7, 11) is 0. The van der Waals surface area contributed by atoms with Crippen molar-refractivity contribution in [3.8, 4) is 11.3 Å². The number of benzene rings is 2. The van der Waals surface area contributed by atoms with Crippen LogP contribution in [0.25, 0.3) is 16.2 Å². The zero-order valence-corrected chi connectivity index (χ0v) is 17.3. The van der Waals surface area contributed by atoms with Gasteiger partial charge in [-0.25, -0.2) is 13.9 Å². The van der Waals surface area contributed by atoms with Gasteiger partial charge in [0.25, 0.3) is 5.69 Å². The Labute approximate surface area is 181 Å². The largest absolute Gasteiger partial charge is 0.344 e. The van der Waals surface area contributed by atoms with E-state index in [1.807, 2.05) is 18.3 Å². The summed E-state index contributed by atoms with van der Waals surface area (Å²) in [6.45, 7) is 3.75. The van der Waals surface area contributed by atoms with Gasteiger partial charge in [0.15, 0.2) is 0 Å². The monoisotopic (exact) mass is 438 g/mol. The minimum Gasteiger partial charge on any atom is -0.344 e. The number of nitro groups is 1. The van der Waals surface area contributed by atoms with E-state index in [1.54, 1.807) is 28.8 Å². The maximum Gasteiger partial charge on any atom is 0.273 e. The number of fused-ring (bicyclic) bond motifs is 1. The maximum absolute atomic E-state index is 13.1. The zero-order chi connectivity index (χ0) is 21.4. The number of hydrogen-bond donors (Lipinski definition) is 0. The number of nitrogens with zero attached hydrogens (tertiary/aromatic N) is 6. The Hall–Kier alpha value is -3.37. The van der Waals surface area contributed by atoms with Crippen molar-refractivity contribution >= 4 is 27.1 Å². The van der Waals surface area contributed by atoms with Gasteiger partial charge >= 0.3 is 0 Å². The number of imidazole rings is 1. The molecule has 1 aliphatic heterocycles. The lowest BCUT2D eigenvalue weighted by Crippen LogP contribution is -2.46. The second kappa shape index (κ2) is 8.05. The molecule has 1 saturated heterocycles. The van der Waals surface area contributed by atoms with Crippen LogP contribution in [0.2, 0.25) is 0 Å². The first-order valence-corrected chi connectivity index (χ1v) is 10.7. The van der Waals surface area contributed by atoms with E-state index in [4.69, 9.17) is 0 Å². The van der Waals surface area contributed by atoms with Crippen molar-refractivity contribution in [3.63, 3.8) is 0 Å². The minimum atomic E-state index is -0.322. The lowest BCUT2D eigenvalue weighted by atomic mass is 10.1. The molecule has 1 fully saturated rings. The Morgan fingerprint density at radius 3 is 2.52 bits per heavy atom. The molecule has 2 aromatic heterocycles. The molecule has 0 spiro atoms. The van der Waals surface area contributed by atoms with Gasteiger partial charge in [0.1, 0.15) is 5.82 Å². The summed E-state index contributed by atoms with van der Waals surface area (Å²) in [6.07, 6.45) is 1.85. The van der Waals surface area contributed by atoms with E-state index in [1.165, 1.54) is 23.5 Å². The van der Waals surface area contributed by atoms with Crippen LogP contribution in [0.15, 0.2) is 54.7 Å². The van der Waals surface area contributed by atoms with Crippen molar-refractivity contribution in [2.45, 2.75) is 6.54 Å². The Morgan fingerprint density at radius 1 is 1.06 bits per heavy atom. The van der Waals surface area contributed by atoms with Crippen LogP contribution >= 0.6 is 11.3 Å². The zero-order valence-electron chi connectivity index (χ0n) is 16.5. The second-order valence-electron chi connectivity index (χ2n) is 7.39. The smallest absolute Gasteiger partial charge is 0.273 e. The molecular weight excluding hydrogens is 419 g/mol. The molecule has 0 unspecified atom stereocenters. The second-order valence-corrected chi connectivity index (χ2v) is 8.33. The predicted octanol–water partition coefficient (Wildman–Crippen LogP) is 3.83. The summed E-state index contributed by atoms with van der Waals surface area (Å²) in [5.41, 5.74) is 2.52. The number of aromatic nitrogens is 3. The van der Waals surface area contributed by atoms with Crippen molar-refractivity contribution in [2.24, 2.45) is 0 Å². The standard InChI is InChI=1S/C21H19FN6O2S/c22-17-7-5-15(6-8-17)18-14-27-20(23-18)31-21(24-27)26-11-9-25(10-12-26)13-16-3-1-2-4-19(16)28(29)30/h1-8,14H,9-13H2. The van der Waals surface area contributed by atoms with E-state index in [2.05, 4.69) is 19.9 Å². The molecule has 4 aromatic rings. The van der Waals surface area contributed by atoms with Gasteiger partial charge in [-0.1, -0.05) is 29.5 Å². The molecule has 31 heavy (non-hydrogen) atoms. The molecule has 3 heterocycles. The fourth-order valence-electron chi connectivity index (χ4n) is 3.74. The number of nitro benzene ring substituents is 1. The molecule has 0 saturated carbocycles. The third kappa shape index (κ3) is 3.99. The van der Waals surface area contributed by atoms with Crippen LogP contribution in [0.5, 0.6) is 0 Å². The fourth-order valence-corrected chi connectivity index (χ4v) is 4.67. The summed E-state index contributed by atoms with van der Waals surface area (Å²) in [6, 6.07) is 13.2. The lowest BCUT2D eigenvalue weighted by Gasteiger charge is -2.34. The molecule has 0 radical (unpaired) electrons. The number of para-hydroxylation sites is 1. The van der Waals surface area contributed by atoms with Crippen molar-refractivity contribution in [1.29, 1.82) is 0 Å². The highest BCUT2D eigenvalue weighted by Crippen LogP contribution is 2.28.